The van der Waals surface area contributed by atoms with Crippen LogP contribution < -0.4 is 11.1 Å². The van der Waals surface area contributed by atoms with Gasteiger partial charge >= 0.3 is 0 Å². The van der Waals surface area contributed by atoms with Crippen LogP contribution in [0.25, 0.3) is 0 Å². The van der Waals surface area contributed by atoms with Crippen molar-refractivity contribution in [2.24, 2.45) is 11.1 Å². The number of carbonyl (C=O) groups excluding carboxylic acids is 1. The fourth-order valence-electron chi connectivity index (χ4n) is 2.59. The molecular formula is C17H27N3O. The van der Waals surface area contributed by atoms with Gasteiger partial charge in [-0.1, -0.05) is 26.0 Å². The maximum Gasteiger partial charge on any atom is 0.225 e. The molecule has 0 spiro atoms. The summed E-state index contributed by atoms with van der Waals surface area (Å²) in [6, 6.07) is 7.71. The van der Waals surface area contributed by atoms with Gasteiger partial charge in [-0.25, -0.2) is 0 Å². The summed E-state index contributed by atoms with van der Waals surface area (Å²) < 4.78 is 0. The van der Waals surface area contributed by atoms with Crippen molar-refractivity contribution in [2.75, 3.05) is 25.0 Å². The molecule has 1 aromatic rings. The van der Waals surface area contributed by atoms with Gasteiger partial charge in [0.05, 0.1) is 0 Å². The lowest BCUT2D eigenvalue weighted by Crippen LogP contribution is -2.38. The molecule has 0 radical (unpaired) electrons. The van der Waals surface area contributed by atoms with E-state index in [1.165, 1.54) is 12.8 Å². The number of amides is 1. The van der Waals surface area contributed by atoms with Crippen LogP contribution in [0.3, 0.4) is 0 Å². The molecule has 1 fully saturated rings. The highest BCUT2D eigenvalue weighted by Gasteiger charge is 2.25. The van der Waals surface area contributed by atoms with Gasteiger partial charge in [-0.15, -0.1) is 0 Å². The molecule has 0 unspecified atom stereocenters. The number of anilines is 1. The zero-order valence-corrected chi connectivity index (χ0v) is 13.2. The van der Waals surface area contributed by atoms with Gasteiger partial charge in [0.2, 0.25) is 5.91 Å². The summed E-state index contributed by atoms with van der Waals surface area (Å²) in [6.45, 7) is 8.23. The van der Waals surface area contributed by atoms with Crippen LogP contribution in [-0.4, -0.2) is 30.4 Å². The summed E-state index contributed by atoms with van der Waals surface area (Å²) in [5.41, 5.74) is 7.94. The average molecular weight is 289 g/mol. The van der Waals surface area contributed by atoms with E-state index in [9.17, 15) is 4.79 Å². The Labute approximate surface area is 127 Å². The van der Waals surface area contributed by atoms with Crippen molar-refractivity contribution in [2.45, 2.75) is 39.7 Å². The Morgan fingerprint density at radius 1 is 1.24 bits per heavy atom. The predicted molar refractivity (Wildman–Crippen MR) is 87.0 cm³/mol. The Morgan fingerprint density at radius 3 is 2.43 bits per heavy atom. The molecule has 1 aliphatic rings. The van der Waals surface area contributed by atoms with Crippen LogP contribution in [0, 0.1) is 5.41 Å². The first-order chi connectivity index (χ1) is 9.98. The SMILES string of the molecule is CC1(C)CCN(CCC(=O)Nc2ccc(CN)cc2)CC1. The normalized spacial score (nSPS) is 18.4. The van der Waals surface area contributed by atoms with Crippen LogP contribution in [0.15, 0.2) is 24.3 Å². The third-order valence-electron chi connectivity index (χ3n) is 4.34. The molecule has 1 saturated heterocycles. The highest BCUT2D eigenvalue weighted by molar-refractivity contribution is 5.90. The number of piperidine rings is 1. The Kier molecular flexibility index (Phi) is 5.37. The summed E-state index contributed by atoms with van der Waals surface area (Å²) >= 11 is 0. The Hall–Kier alpha value is -1.39. The molecule has 4 nitrogen and oxygen atoms in total. The molecule has 0 bridgehead atoms. The Bertz CT molecular complexity index is 457. The van der Waals surface area contributed by atoms with Crippen molar-refractivity contribution in [1.82, 2.24) is 4.90 Å². The molecule has 4 heteroatoms. The fraction of sp³-hybridized carbons (Fsp3) is 0.588. The highest BCUT2D eigenvalue weighted by atomic mass is 16.1. The first kappa shape index (κ1) is 16.0. The maximum absolute atomic E-state index is 12.0. The van der Waals surface area contributed by atoms with Gasteiger partial charge in [0.15, 0.2) is 0 Å². The highest BCUT2D eigenvalue weighted by Crippen LogP contribution is 2.29. The predicted octanol–water partition coefficient (Wildman–Crippen LogP) is 2.60. The first-order valence-corrected chi connectivity index (χ1v) is 7.80. The van der Waals surface area contributed by atoms with Crippen molar-refractivity contribution in [3.05, 3.63) is 29.8 Å². The van der Waals surface area contributed by atoms with Gasteiger partial charge < -0.3 is 16.0 Å². The van der Waals surface area contributed by atoms with E-state index in [1.807, 2.05) is 24.3 Å². The van der Waals surface area contributed by atoms with Crippen LogP contribution in [0.5, 0.6) is 0 Å². The maximum atomic E-state index is 12.0. The molecule has 116 valence electrons. The van der Waals surface area contributed by atoms with Crippen molar-refractivity contribution in [3.8, 4) is 0 Å². The number of carbonyl (C=O) groups is 1. The van der Waals surface area contributed by atoms with E-state index in [0.717, 1.165) is 30.9 Å². The minimum absolute atomic E-state index is 0.0836. The Balaban J connectivity index is 1.72. The lowest BCUT2D eigenvalue weighted by atomic mass is 9.83. The van der Waals surface area contributed by atoms with Gasteiger partial charge in [-0.3, -0.25) is 4.79 Å². The third kappa shape index (κ3) is 5.14. The van der Waals surface area contributed by atoms with E-state index in [-0.39, 0.29) is 5.91 Å². The summed E-state index contributed by atoms with van der Waals surface area (Å²) in [4.78, 5) is 14.4. The fourth-order valence-corrected chi connectivity index (χ4v) is 2.59. The monoisotopic (exact) mass is 289 g/mol. The number of likely N-dealkylation sites (tertiary alicyclic amines) is 1. The molecule has 2 rings (SSSR count). The number of rotatable bonds is 5. The van der Waals surface area contributed by atoms with Crippen molar-refractivity contribution in [1.29, 1.82) is 0 Å². The molecule has 0 saturated carbocycles. The molecule has 1 amide bonds. The molecule has 0 aromatic heterocycles. The van der Waals surface area contributed by atoms with Gasteiger partial charge in [0.1, 0.15) is 0 Å². The average Bonchev–Trinajstić information content (AvgIpc) is 2.47. The second-order valence-electron chi connectivity index (χ2n) is 6.71. The number of hydrogen-bond acceptors (Lipinski definition) is 3. The summed E-state index contributed by atoms with van der Waals surface area (Å²) in [5.74, 6) is 0.0836. The van der Waals surface area contributed by atoms with E-state index in [2.05, 4.69) is 24.1 Å². The van der Waals surface area contributed by atoms with Crippen molar-refractivity contribution >= 4 is 11.6 Å². The van der Waals surface area contributed by atoms with E-state index in [1.54, 1.807) is 0 Å². The van der Waals surface area contributed by atoms with Gasteiger partial charge in [-0.05, 0) is 49.0 Å². The van der Waals surface area contributed by atoms with E-state index >= 15 is 0 Å². The lowest BCUT2D eigenvalue weighted by Gasteiger charge is -2.36. The van der Waals surface area contributed by atoms with Crippen molar-refractivity contribution in [3.63, 3.8) is 0 Å². The zero-order chi connectivity index (χ0) is 15.3. The number of nitrogens with one attached hydrogen (secondary N) is 1. The number of hydrogen-bond donors (Lipinski definition) is 2. The first-order valence-electron chi connectivity index (χ1n) is 7.80. The largest absolute Gasteiger partial charge is 0.326 e. The van der Waals surface area contributed by atoms with Crippen LogP contribution in [0.2, 0.25) is 0 Å². The number of nitrogens with zero attached hydrogens (tertiary/aromatic N) is 1. The minimum Gasteiger partial charge on any atom is -0.326 e. The molecule has 1 aliphatic heterocycles. The molecule has 0 atom stereocenters. The topological polar surface area (TPSA) is 58.4 Å². The van der Waals surface area contributed by atoms with E-state index in [4.69, 9.17) is 5.73 Å². The molecule has 1 aromatic carbocycles. The third-order valence-corrected chi connectivity index (χ3v) is 4.34. The van der Waals surface area contributed by atoms with Crippen LogP contribution in [0.1, 0.15) is 38.7 Å². The van der Waals surface area contributed by atoms with Crippen LogP contribution in [-0.2, 0) is 11.3 Å². The van der Waals surface area contributed by atoms with E-state index < -0.39 is 0 Å². The lowest BCUT2D eigenvalue weighted by molar-refractivity contribution is -0.116. The zero-order valence-electron chi connectivity index (χ0n) is 13.2. The van der Waals surface area contributed by atoms with Crippen molar-refractivity contribution < 1.29 is 4.79 Å². The summed E-state index contributed by atoms with van der Waals surface area (Å²) in [7, 11) is 0. The molecule has 1 heterocycles. The van der Waals surface area contributed by atoms with Gasteiger partial charge in [0, 0.05) is 25.2 Å². The Morgan fingerprint density at radius 2 is 1.86 bits per heavy atom. The quantitative estimate of drug-likeness (QED) is 0.876. The smallest absolute Gasteiger partial charge is 0.225 e. The molecule has 21 heavy (non-hydrogen) atoms. The standard InChI is InChI=1S/C17H27N3O/c1-17(2)8-11-20(12-9-17)10-7-16(21)19-15-5-3-14(13-18)4-6-15/h3-6H,7-13,18H2,1-2H3,(H,19,21). The second-order valence-corrected chi connectivity index (χ2v) is 6.71. The number of nitrogens with two attached hydrogens (primary N) is 1. The second kappa shape index (κ2) is 7.05. The van der Waals surface area contributed by atoms with Crippen LogP contribution in [0.4, 0.5) is 5.69 Å². The van der Waals surface area contributed by atoms with E-state index in [0.29, 0.717) is 18.4 Å². The number of benzene rings is 1. The van der Waals surface area contributed by atoms with Crippen LogP contribution >= 0.6 is 0 Å². The summed E-state index contributed by atoms with van der Waals surface area (Å²) in [6.07, 6.45) is 2.99. The molecular weight excluding hydrogens is 262 g/mol. The summed E-state index contributed by atoms with van der Waals surface area (Å²) in [5, 5.41) is 2.94. The minimum atomic E-state index is 0.0836. The van der Waals surface area contributed by atoms with Gasteiger partial charge in [0.25, 0.3) is 0 Å². The molecule has 0 aliphatic carbocycles. The molecule has 3 N–H and O–H groups in total. The van der Waals surface area contributed by atoms with Gasteiger partial charge in [-0.2, -0.15) is 0 Å².